The maximum absolute atomic E-state index is 10.9. The SMILES string of the molecule is CCCCCCCCCCCCCCCCCCN.CCCCCCCCCCCCOS(=O)(=O)OS(=O)(=O)O. The van der Waals surface area contributed by atoms with E-state index in [0.717, 1.165) is 25.8 Å². The summed E-state index contributed by atoms with van der Waals surface area (Å²) in [5.41, 5.74) is 5.48. The average molecular weight is 616 g/mol. The van der Waals surface area contributed by atoms with Crippen LogP contribution in [0.15, 0.2) is 0 Å². The molecular weight excluding hydrogens is 550 g/mol. The van der Waals surface area contributed by atoms with E-state index in [-0.39, 0.29) is 6.61 Å². The molecule has 0 radical (unpaired) electrons. The van der Waals surface area contributed by atoms with Gasteiger partial charge in [-0.05, 0) is 19.4 Å². The molecule has 10 heteroatoms. The molecule has 0 aromatic carbocycles. The average Bonchev–Trinajstić information content (AvgIpc) is 2.88. The van der Waals surface area contributed by atoms with Gasteiger partial charge in [-0.2, -0.15) is 16.8 Å². The summed E-state index contributed by atoms with van der Waals surface area (Å²) in [5, 5.41) is 0. The van der Waals surface area contributed by atoms with Crippen molar-refractivity contribution in [2.75, 3.05) is 13.2 Å². The van der Waals surface area contributed by atoms with Crippen LogP contribution in [0.3, 0.4) is 0 Å². The monoisotopic (exact) mass is 615 g/mol. The number of nitrogens with two attached hydrogens (primary N) is 1. The van der Waals surface area contributed by atoms with Gasteiger partial charge in [0.25, 0.3) is 0 Å². The van der Waals surface area contributed by atoms with E-state index in [1.807, 2.05) is 0 Å². The third-order valence-corrected chi connectivity index (χ3v) is 8.76. The van der Waals surface area contributed by atoms with Crippen molar-refractivity contribution in [3.05, 3.63) is 0 Å². The first-order valence-corrected chi connectivity index (χ1v) is 19.2. The fourth-order valence-corrected chi connectivity index (χ4v) is 5.89. The highest BCUT2D eigenvalue weighted by Crippen LogP contribution is 2.14. The Labute approximate surface area is 249 Å². The predicted molar refractivity (Wildman–Crippen MR) is 168 cm³/mol. The maximum atomic E-state index is 10.9. The molecule has 0 saturated heterocycles. The minimum atomic E-state index is -5.06. The summed E-state index contributed by atoms with van der Waals surface area (Å²) in [6, 6.07) is 0. The molecule has 0 spiro atoms. The van der Waals surface area contributed by atoms with Crippen molar-refractivity contribution in [3.63, 3.8) is 0 Å². The predicted octanol–water partition coefficient (Wildman–Crippen LogP) is 9.19. The Kier molecular flexibility index (Phi) is 33.2. The Bertz CT molecular complexity index is 685. The molecule has 0 rings (SSSR count). The molecule has 40 heavy (non-hydrogen) atoms. The van der Waals surface area contributed by atoms with Crippen molar-refractivity contribution in [2.45, 2.75) is 181 Å². The van der Waals surface area contributed by atoms with Crippen molar-refractivity contribution >= 4 is 20.8 Å². The Morgan fingerprint density at radius 1 is 0.475 bits per heavy atom. The van der Waals surface area contributed by atoms with Crippen LogP contribution in [0.1, 0.15) is 181 Å². The van der Waals surface area contributed by atoms with Crippen LogP contribution in [-0.2, 0) is 28.6 Å². The lowest BCUT2D eigenvalue weighted by Crippen LogP contribution is -2.15. The Hall–Kier alpha value is -0.260. The standard InChI is InChI=1S/C18H39N.C12H26O7S2/c1-2-3-4-5-6-7-8-9-10-11-12-13-14-15-16-17-18-19;1-2-3-4-5-6-7-8-9-10-11-12-18-21(16,17)19-20(13,14)15/h2-19H2,1H3;2-12H2,1H3,(H,13,14,15). The van der Waals surface area contributed by atoms with Crippen molar-refractivity contribution in [2.24, 2.45) is 5.73 Å². The van der Waals surface area contributed by atoms with Crippen LogP contribution in [0.25, 0.3) is 0 Å². The van der Waals surface area contributed by atoms with Gasteiger partial charge in [0.15, 0.2) is 0 Å². The van der Waals surface area contributed by atoms with E-state index >= 15 is 0 Å². The molecular formula is C30H65NO7S2. The third kappa shape index (κ3) is 39.9. The van der Waals surface area contributed by atoms with Gasteiger partial charge in [-0.25, -0.2) is 4.18 Å². The molecule has 0 aliphatic rings. The zero-order valence-electron chi connectivity index (χ0n) is 26.1. The summed E-state index contributed by atoms with van der Waals surface area (Å²) in [5.74, 6) is 0. The van der Waals surface area contributed by atoms with Crippen molar-refractivity contribution in [1.82, 2.24) is 0 Å². The quantitative estimate of drug-likeness (QED) is 0.0603. The van der Waals surface area contributed by atoms with Gasteiger partial charge in [-0.1, -0.05) is 168 Å². The smallest absolute Gasteiger partial charge is 0.330 e. The molecule has 0 fully saturated rings. The molecule has 0 atom stereocenters. The molecule has 0 saturated carbocycles. The third-order valence-electron chi connectivity index (χ3n) is 6.95. The maximum Gasteiger partial charge on any atom is 0.416 e. The van der Waals surface area contributed by atoms with Gasteiger partial charge in [0.1, 0.15) is 0 Å². The van der Waals surface area contributed by atoms with E-state index in [0.29, 0.717) is 6.42 Å². The second kappa shape index (κ2) is 31.7. The van der Waals surface area contributed by atoms with E-state index in [9.17, 15) is 16.8 Å². The first-order chi connectivity index (χ1) is 19.2. The number of unbranched alkanes of at least 4 members (excludes halogenated alkanes) is 24. The van der Waals surface area contributed by atoms with Crippen LogP contribution in [0.2, 0.25) is 0 Å². The highest BCUT2D eigenvalue weighted by atomic mass is 32.3. The second-order valence-corrected chi connectivity index (χ2v) is 13.5. The van der Waals surface area contributed by atoms with Gasteiger partial charge in [-0.15, -0.1) is 3.63 Å². The van der Waals surface area contributed by atoms with E-state index in [1.54, 1.807) is 0 Å². The Balaban J connectivity index is 0. The minimum Gasteiger partial charge on any atom is -0.330 e. The zero-order chi connectivity index (χ0) is 30.2. The molecule has 8 nitrogen and oxygen atoms in total. The van der Waals surface area contributed by atoms with Gasteiger partial charge in [-0.3, -0.25) is 4.55 Å². The van der Waals surface area contributed by atoms with Gasteiger partial charge in [0, 0.05) is 0 Å². The number of hydrogen-bond donors (Lipinski definition) is 2. The first kappa shape index (κ1) is 41.9. The Morgan fingerprint density at radius 2 is 0.750 bits per heavy atom. The lowest BCUT2D eigenvalue weighted by Gasteiger charge is -2.04. The van der Waals surface area contributed by atoms with Crippen LogP contribution >= 0.6 is 0 Å². The fourth-order valence-electron chi connectivity index (χ4n) is 4.57. The fraction of sp³-hybridized carbons (Fsp3) is 1.00. The topological polar surface area (TPSA) is 133 Å². The molecule has 3 N–H and O–H groups in total. The molecule has 0 aromatic rings. The summed E-state index contributed by atoms with van der Waals surface area (Å²) >= 11 is 0. The summed E-state index contributed by atoms with van der Waals surface area (Å²) in [6.45, 7) is 5.19. The molecule has 0 bridgehead atoms. The van der Waals surface area contributed by atoms with E-state index in [2.05, 4.69) is 21.7 Å². The molecule has 0 heterocycles. The lowest BCUT2D eigenvalue weighted by atomic mass is 10.0. The van der Waals surface area contributed by atoms with Crippen LogP contribution in [0.5, 0.6) is 0 Å². The number of rotatable bonds is 30. The normalized spacial score (nSPS) is 11.9. The van der Waals surface area contributed by atoms with Crippen LogP contribution in [-0.4, -0.2) is 34.5 Å². The van der Waals surface area contributed by atoms with Gasteiger partial charge in [0.2, 0.25) is 0 Å². The summed E-state index contributed by atoms with van der Waals surface area (Å²) in [4.78, 5) is 0. The van der Waals surface area contributed by atoms with Crippen molar-refractivity contribution in [3.8, 4) is 0 Å². The highest BCUT2D eigenvalue weighted by Gasteiger charge is 2.21. The summed E-state index contributed by atoms with van der Waals surface area (Å²) in [7, 11) is -9.75. The van der Waals surface area contributed by atoms with Crippen molar-refractivity contribution < 1.29 is 29.2 Å². The van der Waals surface area contributed by atoms with Gasteiger partial charge < -0.3 is 5.73 Å². The minimum absolute atomic E-state index is 0.158. The zero-order valence-corrected chi connectivity index (χ0v) is 27.7. The number of hydrogen-bond acceptors (Lipinski definition) is 7. The van der Waals surface area contributed by atoms with Crippen LogP contribution in [0.4, 0.5) is 0 Å². The Morgan fingerprint density at radius 3 is 1.02 bits per heavy atom. The lowest BCUT2D eigenvalue weighted by molar-refractivity contribution is 0.258. The molecule has 0 aliphatic heterocycles. The van der Waals surface area contributed by atoms with Crippen LogP contribution < -0.4 is 5.73 Å². The van der Waals surface area contributed by atoms with Gasteiger partial charge >= 0.3 is 20.8 Å². The summed E-state index contributed by atoms with van der Waals surface area (Å²) in [6.07, 6.45) is 33.7. The van der Waals surface area contributed by atoms with Gasteiger partial charge in [0.05, 0.1) is 6.61 Å². The highest BCUT2D eigenvalue weighted by molar-refractivity contribution is 7.94. The molecule has 0 aliphatic carbocycles. The second-order valence-electron chi connectivity index (χ2n) is 11.0. The molecule has 0 amide bonds. The summed E-state index contributed by atoms with van der Waals surface area (Å²) < 4.78 is 58.2. The molecule has 0 unspecified atom stereocenters. The largest absolute Gasteiger partial charge is 0.416 e. The van der Waals surface area contributed by atoms with E-state index < -0.39 is 20.8 Å². The first-order valence-electron chi connectivity index (χ1n) is 16.5. The molecule has 244 valence electrons. The van der Waals surface area contributed by atoms with Crippen molar-refractivity contribution in [1.29, 1.82) is 0 Å². The van der Waals surface area contributed by atoms with Crippen LogP contribution in [0, 0.1) is 0 Å². The van der Waals surface area contributed by atoms with E-state index in [1.165, 1.54) is 141 Å². The van der Waals surface area contributed by atoms with E-state index in [4.69, 9.17) is 10.3 Å². The molecule has 0 aromatic heterocycles.